The molecular formula is C21H26ClN3NaO6S2. The molecule has 13 heteroatoms. The van der Waals surface area contributed by atoms with Crippen molar-refractivity contribution >= 4 is 74.4 Å². The van der Waals surface area contributed by atoms with Crippen LogP contribution in [0.1, 0.15) is 15.9 Å². The Labute approximate surface area is 232 Å². The number of carbonyl (C=O) groups is 1. The summed E-state index contributed by atoms with van der Waals surface area (Å²) in [5.41, 5.74) is 0.975. The van der Waals surface area contributed by atoms with Crippen molar-refractivity contribution in [1.29, 1.82) is 0 Å². The number of halogens is 1. The Hall–Kier alpha value is -1.60. The summed E-state index contributed by atoms with van der Waals surface area (Å²) in [4.78, 5) is 12.5. The number of amides is 1. The summed E-state index contributed by atoms with van der Waals surface area (Å²) in [6.45, 7) is 0.717. The van der Waals surface area contributed by atoms with Crippen molar-refractivity contribution in [2.75, 3.05) is 41.0 Å². The van der Waals surface area contributed by atoms with Gasteiger partial charge in [-0.1, -0.05) is 17.7 Å². The molecule has 0 unspecified atom stereocenters. The molecule has 0 saturated heterocycles. The van der Waals surface area contributed by atoms with E-state index in [1.807, 2.05) is 0 Å². The van der Waals surface area contributed by atoms with Gasteiger partial charge in [-0.3, -0.25) is 9.52 Å². The average molecular weight is 539 g/mol. The van der Waals surface area contributed by atoms with Crippen molar-refractivity contribution in [2.45, 2.75) is 11.3 Å². The maximum Gasteiger partial charge on any atom is 0.267 e. The number of sulfonamides is 1. The summed E-state index contributed by atoms with van der Waals surface area (Å²) in [6, 6.07) is 9.52. The number of ether oxygens (including phenoxy) is 3. The molecule has 34 heavy (non-hydrogen) atoms. The van der Waals surface area contributed by atoms with Gasteiger partial charge in [-0.15, -0.1) is 0 Å². The molecule has 0 aliphatic carbocycles. The maximum atomic E-state index is 12.8. The van der Waals surface area contributed by atoms with Crippen molar-refractivity contribution in [1.82, 2.24) is 15.4 Å². The van der Waals surface area contributed by atoms with E-state index in [1.54, 1.807) is 24.3 Å². The zero-order valence-electron chi connectivity index (χ0n) is 19.4. The molecule has 0 spiro atoms. The summed E-state index contributed by atoms with van der Waals surface area (Å²) in [7, 11) is 0.493. The third-order valence-electron chi connectivity index (χ3n) is 4.40. The molecule has 9 nitrogen and oxygen atoms in total. The van der Waals surface area contributed by atoms with Crippen molar-refractivity contribution in [3.63, 3.8) is 0 Å². The number of methoxy groups -OCH3 is 2. The number of thiocarbonyl (C=S) groups is 1. The second-order valence-corrected chi connectivity index (χ2v) is 9.15. The summed E-state index contributed by atoms with van der Waals surface area (Å²) >= 11 is 10.9. The van der Waals surface area contributed by atoms with Gasteiger partial charge in [0.1, 0.15) is 23.0 Å². The van der Waals surface area contributed by atoms with E-state index in [-0.39, 0.29) is 64.4 Å². The van der Waals surface area contributed by atoms with Gasteiger partial charge < -0.3 is 24.8 Å². The van der Waals surface area contributed by atoms with Gasteiger partial charge in [-0.25, -0.2) is 8.42 Å². The Morgan fingerprint density at radius 2 is 1.79 bits per heavy atom. The van der Waals surface area contributed by atoms with Crippen LogP contribution in [0.4, 0.5) is 0 Å². The molecule has 1 amide bonds. The Morgan fingerprint density at radius 1 is 1.09 bits per heavy atom. The molecule has 0 saturated carbocycles. The zero-order chi connectivity index (χ0) is 24.4. The van der Waals surface area contributed by atoms with Gasteiger partial charge in [0.2, 0.25) is 0 Å². The first-order valence-corrected chi connectivity index (χ1v) is 12.1. The summed E-state index contributed by atoms with van der Waals surface area (Å²) in [6.07, 6.45) is 0.367. The predicted octanol–water partition coefficient (Wildman–Crippen LogP) is 1.75. The second-order valence-electron chi connectivity index (χ2n) is 6.66. The third-order valence-corrected chi connectivity index (χ3v) is 6.44. The van der Waals surface area contributed by atoms with Gasteiger partial charge in [0.15, 0.2) is 5.11 Å². The molecule has 0 atom stereocenters. The summed E-state index contributed by atoms with van der Waals surface area (Å²) in [5, 5.41) is 5.71. The number of carbonyl (C=O) groups excluding carboxylic acids is 1. The van der Waals surface area contributed by atoms with Gasteiger partial charge >= 0.3 is 0 Å². The molecule has 0 aliphatic heterocycles. The van der Waals surface area contributed by atoms with Crippen molar-refractivity contribution < 1.29 is 27.4 Å². The minimum atomic E-state index is -4.00. The van der Waals surface area contributed by atoms with Crippen LogP contribution in [-0.2, 0) is 21.2 Å². The molecule has 0 bridgehead atoms. The van der Waals surface area contributed by atoms with E-state index in [0.717, 1.165) is 0 Å². The largest absolute Gasteiger partial charge is 0.496 e. The second kappa shape index (κ2) is 14.7. The Balaban J connectivity index is 0.00000578. The Bertz CT molecular complexity index is 1100. The SMILES string of the molecule is CNC(=S)NS(=O)(=O)c1cc(CCNC(=O)c2cc(Cl)ccc2OC)ccc1OCCOC.[Na]. The van der Waals surface area contributed by atoms with Gasteiger partial charge in [-0.05, 0) is 54.5 Å². The molecule has 0 fully saturated rings. The number of hydrogen-bond donors (Lipinski definition) is 3. The van der Waals surface area contributed by atoms with E-state index in [2.05, 4.69) is 15.4 Å². The Kier molecular flexibility index (Phi) is 13.2. The fraction of sp³-hybridized carbons (Fsp3) is 0.333. The van der Waals surface area contributed by atoms with Gasteiger partial charge in [-0.2, -0.15) is 0 Å². The van der Waals surface area contributed by atoms with Crippen LogP contribution in [0.2, 0.25) is 5.02 Å². The molecule has 2 aromatic rings. The zero-order valence-corrected chi connectivity index (χ0v) is 23.8. The molecule has 2 rings (SSSR count). The van der Waals surface area contributed by atoms with Gasteiger partial charge in [0, 0.05) is 55.3 Å². The molecular weight excluding hydrogens is 513 g/mol. The van der Waals surface area contributed by atoms with Crippen LogP contribution in [0.25, 0.3) is 0 Å². The van der Waals surface area contributed by atoms with Crippen LogP contribution in [0.5, 0.6) is 11.5 Å². The summed E-state index contributed by atoms with van der Waals surface area (Å²) in [5.74, 6) is 0.201. The minimum absolute atomic E-state index is 0. The molecule has 181 valence electrons. The van der Waals surface area contributed by atoms with Gasteiger partial charge in [0.05, 0.1) is 19.3 Å². The van der Waals surface area contributed by atoms with E-state index in [4.69, 9.17) is 38.0 Å². The smallest absolute Gasteiger partial charge is 0.267 e. The number of benzene rings is 2. The monoisotopic (exact) mass is 538 g/mol. The van der Waals surface area contributed by atoms with Gasteiger partial charge in [0.25, 0.3) is 15.9 Å². The maximum absolute atomic E-state index is 12.8. The molecule has 0 aliphatic rings. The van der Waals surface area contributed by atoms with E-state index in [9.17, 15) is 13.2 Å². The number of rotatable bonds is 11. The van der Waals surface area contributed by atoms with E-state index in [1.165, 1.54) is 33.4 Å². The molecule has 2 aromatic carbocycles. The quantitative estimate of drug-likeness (QED) is 0.225. The fourth-order valence-electron chi connectivity index (χ4n) is 2.77. The van der Waals surface area contributed by atoms with Crippen molar-refractivity contribution in [3.05, 3.63) is 52.5 Å². The first-order chi connectivity index (χ1) is 15.7. The fourth-order valence-corrected chi connectivity index (χ4v) is 4.43. The normalized spacial score (nSPS) is 10.6. The standard InChI is InChI=1S/C21H26ClN3O6S2.Na/c1-23-21(32)25-33(27,28)19-12-14(4-6-18(19)31-11-10-29-2)8-9-24-20(26)16-13-15(22)5-7-17(16)30-3;/h4-7,12-13H,8-11H2,1-3H3,(H,24,26)(H2,23,25,32);. The predicted molar refractivity (Wildman–Crippen MR) is 136 cm³/mol. The summed E-state index contributed by atoms with van der Waals surface area (Å²) < 4.78 is 43.7. The van der Waals surface area contributed by atoms with Crippen LogP contribution in [0, 0.1) is 0 Å². The molecule has 0 heterocycles. The van der Waals surface area contributed by atoms with E-state index < -0.39 is 10.0 Å². The number of hydrogen-bond acceptors (Lipinski definition) is 7. The topological polar surface area (TPSA) is 115 Å². The first-order valence-electron chi connectivity index (χ1n) is 9.82. The van der Waals surface area contributed by atoms with Crippen molar-refractivity contribution in [3.8, 4) is 11.5 Å². The average Bonchev–Trinajstić information content (AvgIpc) is 2.79. The van der Waals surface area contributed by atoms with E-state index in [0.29, 0.717) is 34.9 Å². The number of nitrogens with one attached hydrogen (secondary N) is 3. The van der Waals surface area contributed by atoms with Crippen LogP contribution >= 0.6 is 23.8 Å². The van der Waals surface area contributed by atoms with Crippen LogP contribution in [-0.4, -0.2) is 90.0 Å². The third kappa shape index (κ3) is 8.88. The Morgan fingerprint density at radius 3 is 2.44 bits per heavy atom. The molecule has 1 radical (unpaired) electrons. The van der Waals surface area contributed by atoms with Crippen molar-refractivity contribution in [2.24, 2.45) is 0 Å². The molecule has 3 N–H and O–H groups in total. The van der Waals surface area contributed by atoms with E-state index >= 15 is 0 Å². The molecule has 0 aromatic heterocycles. The first kappa shape index (κ1) is 30.4. The van der Waals surface area contributed by atoms with Crippen LogP contribution in [0.15, 0.2) is 41.3 Å². The van der Waals surface area contributed by atoms with Crippen LogP contribution in [0.3, 0.4) is 0 Å². The van der Waals surface area contributed by atoms with Crippen LogP contribution < -0.4 is 24.8 Å². The minimum Gasteiger partial charge on any atom is -0.496 e.